The van der Waals surface area contributed by atoms with Gasteiger partial charge < -0.3 is 10.3 Å². The van der Waals surface area contributed by atoms with Crippen molar-refractivity contribution < 1.29 is 8.42 Å². The van der Waals surface area contributed by atoms with Crippen LogP contribution in [-0.2, 0) is 17.1 Å². The van der Waals surface area contributed by atoms with Gasteiger partial charge in [-0.05, 0) is 32.0 Å². The van der Waals surface area contributed by atoms with Gasteiger partial charge >= 0.3 is 0 Å². The van der Waals surface area contributed by atoms with Crippen LogP contribution in [-0.4, -0.2) is 31.1 Å². The highest BCUT2D eigenvalue weighted by molar-refractivity contribution is 7.92. The van der Waals surface area contributed by atoms with E-state index in [0.29, 0.717) is 25.2 Å². The first kappa shape index (κ1) is 15.5. The van der Waals surface area contributed by atoms with Crippen molar-refractivity contribution in [2.75, 3.05) is 17.4 Å². The third kappa shape index (κ3) is 3.43. The number of aromatic nitrogens is 2. The molecule has 114 valence electrons. The maximum absolute atomic E-state index is 12.7. The Morgan fingerprint density at radius 1 is 1.29 bits per heavy atom. The van der Waals surface area contributed by atoms with Gasteiger partial charge in [0.1, 0.15) is 0 Å². The molecule has 0 unspecified atom stereocenters. The largest absolute Gasteiger partial charge is 0.339 e. The average molecular weight is 308 g/mol. The van der Waals surface area contributed by atoms with Gasteiger partial charge in [0, 0.05) is 19.8 Å². The Morgan fingerprint density at radius 3 is 2.48 bits per heavy atom. The van der Waals surface area contributed by atoms with Crippen molar-refractivity contribution in [1.82, 2.24) is 9.55 Å². The van der Waals surface area contributed by atoms with Gasteiger partial charge in [0.05, 0.1) is 12.0 Å². The summed E-state index contributed by atoms with van der Waals surface area (Å²) in [6, 6.07) is 7.37. The molecule has 7 heteroatoms. The van der Waals surface area contributed by atoms with Gasteiger partial charge in [-0.15, -0.1) is 0 Å². The van der Waals surface area contributed by atoms with Gasteiger partial charge in [0.25, 0.3) is 10.0 Å². The van der Waals surface area contributed by atoms with Crippen LogP contribution in [0.15, 0.2) is 41.8 Å². The molecule has 0 saturated heterocycles. The lowest BCUT2D eigenvalue weighted by Gasteiger charge is -2.23. The second-order valence-electron chi connectivity index (χ2n) is 4.93. The Kier molecular flexibility index (Phi) is 4.64. The van der Waals surface area contributed by atoms with Crippen molar-refractivity contribution in [3.05, 3.63) is 42.4 Å². The highest BCUT2D eigenvalue weighted by atomic mass is 32.2. The number of nitrogens with two attached hydrogens (primary N) is 1. The Labute approximate surface area is 125 Å². The van der Waals surface area contributed by atoms with Crippen LogP contribution < -0.4 is 10.0 Å². The SMILES string of the molecule is Cc1ccc(N(CCCN)S(=O)(=O)c2cn(C)cn2)cc1. The quantitative estimate of drug-likeness (QED) is 0.871. The third-order valence-electron chi connectivity index (χ3n) is 3.12. The van der Waals surface area contributed by atoms with Crippen LogP contribution in [0.2, 0.25) is 0 Å². The molecule has 0 aliphatic carbocycles. The summed E-state index contributed by atoms with van der Waals surface area (Å²) in [4.78, 5) is 3.96. The van der Waals surface area contributed by atoms with E-state index in [1.54, 1.807) is 23.7 Å². The van der Waals surface area contributed by atoms with Crippen LogP contribution in [0, 0.1) is 6.92 Å². The lowest BCUT2D eigenvalue weighted by molar-refractivity contribution is 0.586. The Bertz CT molecular complexity index is 692. The first-order valence-electron chi connectivity index (χ1n) is 6.72. The molecule has 2 N–H and O–H groups in total. The van der Waals surface area contributed by atoms with Crippen molar-refractivity contribution in [2.24, 2.45) is 12.8 Å². The van der Waals surface area contributed by atoms with Crippen LogP contribution >= 0.6 is 0 Å². The van der Waals surface area contributed by atoms with Gasteiger partial charge in [0.15, 0.2) is 5.03 Å². The lowest BCUT2D eigenvalue weighted by atomic mass is 10.2. The van der Waals surface area contributed by atoms with Gasteiger partial charge in [-0.25, -0.2) is 4.98 Å². The number of rotatable bonds is 6. The molecule has 1 heterocycles. The summed E-state index contributed by atoms with van der Waals surface area (Å²) in [6.45, 7) is 2.72. The van der Waals surface area contributed by atoms with Gasteiger partial charge in [-0.1, -0.05) is 17.7 Å². The van der Waals surface area contributed by atoms with E-state index in [-0.39, 0.29) is 5.03 Å². The average Bonchev–Trinajstić information content (AvgIpc) is 2.88. The number of hydrogen-bond donors (Lipinski definition) is 1. The summed E-state index contributed by atoms with van der Waals surface area (Å²) in [5.74, 6) is 0. The van der Waals surface area contributed by atoms with Crippen LogP contribution in [0.1, 0.15) is 12.0 Å². The molecule has 0 fully saturated rings. The molecular formula is C14H20N4O2S. The number of anilines is 1. The molecule has 21 heavy (non-hydrogen) atoms. The van der Waals surface area contributed by atoms with Crippen molar-refractivity contribution >= 4 is 15.7 Å². The second-order valence-corrected chi connectivity index (χ2v) is 6.74. The van der Waals surface area contributed by atoms with Gasteiger partial charge in [-0.3, -0.25) is 4.31 Å². The van der Waals surface area contributed by atoms with Crippen molar-refractivity contribution in [2.45, 2.75) is 18.4 Å². The van der Waals surface area contributed by atoms with E-state index in [4.69, 9.17) is 5.73 Å². The van der Waals surface area contributed by atoms with Crippen LogP contribution in [0.5, 0.6) is 0 Å². The zero-order chi connectivity index (χ0) is 15.5. The van der Waals surface area contributed by atoms with E-state index in [2.05, 4.69) is 4.98 Å². The molecule has 0 aliphatic heterocycles. The highest BCUT2D eigenvalue weighted by Crippen LogP contribution is 2.23. The topological polar surface area (TPSA) is 81.2 Å². The smallest absolute Gasteiger partial charge is 0.283 e. The van der Waals surface area contributed by atoms with Crippen molar-refractivity contribution in [1.29, 1.82) is 0 Å². The minimum atomic E-state index is -3.67. The molecule has 0 aliphatic rings. The highest BCUT2D eigenvalue weighted by Gasteiger charge is 2.26. The second kappa shape index (κ2) is 6.28. The molecular weight excluding hydrogens is 288 g/mol. The zero-order valence-electron chi connectivity index (χ0n) is 12.2. The molecule has 0 radical (unpaired) electrons. The fourth-order valence-electron chi connectivity index (χ4n) is 1.97. The van der Waals surface area contributed by atoms with E-state index in [0.717, 1.165) is 5.56 Å². The standard InChI is InChI=1S/C14H20N4O2S/c1-12-4-6-13(7-5-12)18(9-3-8-15)21(19,20)14-10-17(2)11-16-14/h4-7,10-11H,3,8-9,15H2,1-2H3. The molecule has 1 aromatic carbocycles. The Balaban J connectivity index is 2.42. The number of benzene rings is 1. The van der Waals surface area contributed by atoms with Crippen molar-refractivity contribution in [3.8, 4) is 0 Å². The molecule has 6 nitrogen and oxygen atoms in total. The summed E-state index contributed by atoms with van der Waals surface area (Å²) < 4.78 is 28.5. The van der Waals surface area contributed by atoms with Gasteiger partial charge in [0.2, 0.25) is 0 Å². The molecule has 2 aromatic rings. The lowest BCUT2D eigenvalue weighted by Crippen LogP contribution is -2.33. The summed E-state index contributed by atoms with van der Waals surface area (Å²) in [6.07, 6.45) is 3.56. The van der Waals surface area contributed by atoms with Crippen molar-refractivity contribution in [3.63, 3.8) is 0 Å². The molecule has 1 aromatic heterocycles. The fourth-order valence-corrected chi connectivity index (χ4v) is 3.44. The molecule has 0 saturated carbocycles. The van der Waals surface area contributed by atoms with E-state index < -0.39 is 10.0 Å². The van der Waals surface area contributed by atoms with Crippen LogP contribution in [0.4, 0.5) is 5.69 Å². The zero-order valence-corrected chi connectivity index (χ0v) is 13.0. The Hall–Kier alpha value is -1.86. The number of sulfonamides is 1. The molecule has 0 spiro atoms. The van der Waals surface area contributed by atoms with E-state index in [9.17, 15) is 8.42 Å². The summed E-state index contributed by atoms with van der Waals surface area (Å²) in [5, 5.41) is 0.0441. The number of nitrogens with zero attached hydrogens (tertiary/aromatic N) is 3. The molecule has 0 atom stereocenters. The molecule has 0 amide bonds. The van der Waals surface area contributed by atoms with E-state index >= 15 is 0 Å². The normalized spacial score (nSPS) is 11.6. The third-order valence-corrected chi connectivity index (χ3v) is 4.84. The van der Waals surface area contributed by atoms with E-state index in [1.807, 2.05) is 19.1 Å². The van der Waals surface area contributed by atoms with E-state index in [1.165, 1.54) is 16.8 Å². The minimum absolute atomic E-state index is 0.0441. The predicted molar refractivity (Wildman–Crippen MR) is 82.6 cm³/mol. The monoisotopic (exact) mass is 308 g/mol. The number of imidazole rings is 1. The minimum Gasteiger partial charge on any atom is -0.339 e. The molecule has 2 rings (SSSR count). The number of aryl methyl sites for hydroxylation is 2. The maximum Gasteiger partial charge on any atom is 0.283 e. The predicted octanol–water partition coefficient (Wildman–Crippen LogP) is 1.27. The summed E-state index contributed by atoms with van der Waals surface area (Å²) in [7, 11) is -1.93. The van der Waals surface area contributed by atoms with Crippen LogP contribution in [0.3, 0.4) is 0 Å². The summed E-state index contributed by atoms with van der Waals surface area (Å²) >= 11 is 0. The maximum atomic E-state index is 12.7. The Morgan fingerprint density at radius 2 is 1.95 bits per heavy atom. The summed E-state index contributed by atoms with van der Waals surface area (Å²) in [5.41, 5.74) is 7.23. The first-order valence-corrected chi connectivity index (χ1v) is 8.16. The molecule has 0 bridgehead atoms. The number of hydrogen-bond acceptors (Lipinski definition) is 4. The van der Waals surface area contributed by atoms with Crippen LogP contribution in [0.25, 0.3) is 0 Å². The van der Waals surface area contributed by atoms with Gasteiger partial charge in [-0.2, -0.15) is 8.42 Å². The fraction of sp³-hybridized carbons (Fsp3) is 0.357. The first-order chi connectivity index (χ1) is 9.95.